The molecule has 0 radical (unpaired) electrons. The monoisotopic (exact) mass is 330 g/mol. The van der Waals surface area contributed by atoms with E-state index in [1.165, 1.54) is 30.4 Å². The summed E-state index contributed by atoms with van der Waals surface area (Å²) in [7, 11) is 2.00. The lowest BCUT2D eigenvalue weighted by atomic mass is 9.99. The van der Waals surface area contributed by atoms with Gasteiger partial charge in [0.1, 0.15) is 0 Å². The summed E-state index contributed by atoms with van der Waals surface area (Å²) in [6, 6.07) is 11.4. The van der Waals surface area contributed by atoms with Crippen LogP contribution in [0.25, 0.3) is 0 Å². The molecule has 1 unspecified atom stereocenters. The van der Waals surface area contributed by atoms with Gasteiger partial charge in [0, 0.05) is 10.7 Å². The zero-order valence-electron chi connectivity index (χ0n) is 11.7. The van der Waals surface area contributed by atoms with Crippen molar-refractivity contribution in [3.05, 3.63) is 63.4 Å². The van der Waals surface area contributed by atoms with Crippen molar-refractivity contribution in [2.45, 2.75) is 31.7 Å². The first-order chi connectivity index (χ1) is 9.76. The maximum atomic E-state index is 4.51. The number of aryl methyl sites for hydroxylation is 2. The van der Waals surface area contributed by atoms with Gasteiger partial charge in [-0.15, -0.1) is 0 Å². The van der Waals surface area contributed by atoms with Crippen LogP contribution < -0.4 is 5.32 Å². The van der Waals surface area contributed by atoms with Crippen LogP contribution in [0.4, 0.5) is 0 Å². The summed E-state index contributed by atoms with van der Waals surface area (Å²) in [5.74, 6) is 0. The molecule has 1 aliphatic carbocycles. The summed E-state index contributed by atoms with van der Waals surface area (Å²) < 4.78 is 1.02. The lowest BCUT2D eigenvalue weighted by Crippen LogP contribution is -2.20. The van der Waals surface area contributed by atoms with Gasteiger partial charge in [-0.1, -0.05) is 18.2 Å². The predicted molar refractivity (Wildman–Crippen MR) is 85.9 cm³/mol. The van der Waals surface area contributed by atoms with Crippen LogP contribution in [-0.4, -0.2) is 12.0 Å². The zero-order chi connectivity index (χ0) is 13.9. The van der Waals surface area contributed by atoms with Gasteiger partial charge >= 0.3 is 0 Å². The minimum atomic E-state index is 0.266. The molecule has 0 saturated carbocycles. The first kappa shape index (κ1) is 13.8. The number of aromatic nitrogens is 1. The molecule has 0 bridgehead atoms. The molecule has 1 N–H and O–H groups in total. The highest BCUT2D eigenvalue weighted by molar-refractivity contribution is 9.10. The van der Waals surface area contributed by atoms with Crippen LogP contribution in [0.5, 0.6) is 0 Å². The van der Waals surface area contributed by atoms with E-state index >= 15 is 0 Å². The predicted octanol–water partition coefficient (Wildman–Crippen LogP) is 3.84. The summed E-state index contributed by atoms with van der Waals surface area (Å²) in [4.78, 5) is 4.51. The number of hydrogen-bond acceptors (Lipinski definition) is 2. The minimum Gasteiger partial charge on any atom is -0.311 e. The highest BCUT2D eigenvalue weighted by Crippen LogP contribution is 2.25. The average Bonchev–Trinajstić information content (AvgIpc) is 2.93. The average molecular weight is 331 g/mol. The highest BCUT2D eigenvalue weighted by Gasteiger charge is 2.15. The van der Waals surface area contributed by atoms with Crippen LogP contribution in [0.2, 0.25) is 0 Å². The Kier molecular flexibility index (Phi) is 4.18. The fourth-order valence-electron chi connectivity index (χ4n) is 2.94. The molecular weight excluding hydrogens is 312 g/mol. The van der Waals surface area contributed by atoms with Crippen molar-refractivity contribution in [3.63, 3.8) is 0 Å². The smallest absolute Gasteiger partial charge is 0.0577 e. The molecule has 0 fully saturated rings. The Morgan fingerprint density at radius 3 is 2.80 bits per heavy atom. The molecule has 1 aliphatic rings. The number of rotatable bonds is 4. The van der Waals surface area contributed by atoms with E-state index in [1.807, 2.05) is 13.2 Å². The molecule has 104 valence electrons. The SMILES string of the molecule is CNC(Cc1ccc2c(c1)CCC2)c1ccc(Br)cn1. The number of nitrogens with zero attached hydrogens (tertiary/aromatic N) is 1. The minimum absolute atomic E-state index is 0.266. The Balaban J connectivity index is 1.79. The van der Waals surface area contributed by atoms with E-state index in [2.05, 4.69) is 56.6 Å². The van der Waals surface area contributed by atoms with Gasteiger partial charge in [-0.3, -0.25) is 4.98 Å². The highest BCUT2D eigenvalue weighted by atomic mass is 79.9. The molecule has 1 heterocycles. The van der Waals surface area contributed by atoms with Crippen molar-refractivity contribution < 1.29 is 0 Å². The Labute approximate surface area is 128 Å². The lowest BCUT2D eigenvalue weighted by molar-refractivity contribution is 0.575. The topological polar surface area (TPSA) is 24.9 Å². The van der Waals surface area contributed by atoms with Crippen LogP contribution >= 0.6 is 15.9 Å². The number of nitrogens with one attached hydrogen (secondary N) is 1. The standard InChI is InChI=1S/C17H19BrN2/c1-19-17(16-8-7-15(18)11-20-16)10-12-5-6-13-3-2-4-14(13)9-12/h5-9,11,17,19H,2-4,10H2,1H3. The van der Waals surface area contributed by atoms with E-state index in [9.17, 15) is 0 Å². The maximum Gasteiger partial charge on any atom is 0.0577 e. The summed E-state index contributed by atoms with van der Waals surface area (Å²) in [5.41, 5.74) is 5.57. The van der Waals surface area contributed by atoms with Gasteiger partial charge in [-0.05, 0) is 77.5 Å². The van der Waals surface area contributed by atoms with E-state index in [0.29, 0.717) is 0 Å². The number of benzene rings is 1. The third-order valence-corrected chi connectivity index (χ3v) is 4.53. The molecule has 0 amide bonds. The van der Waals surface area contributed by atoms with Crippen LogP contribution in [-0.2, 0) is 19.3 Å². The summed E-state index contributed by atoms with van der Waals surface area (Å²) in [6.45, 7) is 0. The first-order valence-electron chi connectivity index (χ1n) is 7.15. The molecule has 1 aromatic heterocycles. The summed E-state index contributed by atoms with van der Waals surface area (Å²) in [5, 5.41) is 3.38. The largest absolute Gasteiger partial charge is 0.311 e. The number of pyridine rings is 1. The van der Waals surface area contributed by atoms with E-state index in [-0.39, 0.29) is 6.04 Å². The second kappa shape index (κ2) is 6.06. The van der Waals surface area contributed by atoms with Crippen LogP contribution in [0.3, 0.4) is 0 Å². The molecule has 2 nitrogen and oxygen atoms in total. The number of hydrogen-bond donors (Lipinski definition) is 1. The van der Waals surface area contributed by atoms with Gasteiger partial charge in [-0.25, -0.2) is 0 Å². The molecule has 0 spiro atoms. The summed E-state index contributed by atoms with van der Waals surface area (Å²) in [6.07, 6.45) is 6.65. The zero-order valence-corrected chi connectivity index (χ0v) is 13.3. The van der Waals surface area contributed by atoms with Crippen molar-refractivity contribution in [2.75, 3.05) is 7.05 Å². The van der Waals surface area contributed by atoms with Gasteiger partial charge in [-0.2, -0.15) is 0 Å². The Hall–Kier alpha value is -1.19. The van der Waals surface area contributed by atoms with Crippen molar-refractivity contribution in [2.24, 2.45) is 0 Å². The number of likely N-dealkylation sites (N-methyl/N-ethyl adjacent to an activating group) is 1. The van der Waals surface area contributed by atoms with Crippen molar-refractivity contribution >= 4 is 15.9 Å². The molecule has 20 heavy (non-hydrogen) atoms. The van der Waals surface area contributed by atoms with Gasteiger partial charge in [0.05, 0.1) is 11.7 Å². The van der Waals surface area contributed by atoms with E-state index in [4.69, 9.17) is 0 Å². The normalized spacial score (nSPS) is 15.1. The van der Waals surface area contributed by atoms with Crippen LogP contribution in [0.15, 0.2) is 41.0 Å². The van der Waals surface area contributed by atoms with Crippen LogP contribution in [0, 0.1) is 0 Å². The molecule has 0 saturated heterocycles. The quantitative estimate of drug-likeness (QED) is 0.921. The van der Waals surface area contributed by atoms with Gasteiger partial charge < -0.3 is 5.32 Å². The Morgan fingerprint density at radius 1 is 1.20 bits per heavy atom. The molecule has 0 aliphatic heterocycles. The number of halogens is 1. The third kappa shape index (κ3) is 2.94. The molecule has 2 aromatic rings. The second-order valence-electron chi connectivity index (χ2n) is 5.40. The molecule has 1 aromatic carbocycles. The van der Waals surface area contributed by atoms with Crippen LogP contribution in [0.1, 0.15) is 34.8 Å². The van der Waals surface area contributed by atoms with Crippen molar-refractivity contribution in [1.82, 2.24) is 10.3 Å². The molecule has 1 atom stereocenters. The van der Waals surface area contributed by atoms with Gasteiger partial charge in [0.25, 0.3) is 0 Å². The Morgan fingerprint density at radius 2 is 2.05 bits per heavy atom. The number of fused-ring (bicyclic) bond motifs is 1. The van der Waals surface area contributed by atoms with Gasteiger partial charge in [0.2, 0.25) is 0 Å². The lowest BCUT2D eigenvalue weighted by Gasteiger charge is -2.16. The van der Waals surface area contributed by atoms with Crippen molar-refractivity contribution in [1.29, 1.82) is 0 Å². The first-order valence-corrected chi connectivity index (χ1v) is 7.95. The third-order valence-electron chi connectivity index (χ3n) is 4.06. The molecule has 3 heteroatoms. The summed E-state index contributed by atoms with van der Waals surface area (Å²) >= 11 is 3.43. The fraction of sp³-hybridized carbons (Fsp3) is 0.353. The fourth-order valence-corrected chi connectivity index (χ4v) is 3.17. The van der Waals surface area contributed by atoms with Crippen molar-refractivity contribution in [3.8, 4) is 0 Å². The molecule has 3 rings (SSSR count). The van der Waals surface area contributed by atoms with E-state index < -0.39 is 0 Å². The van der Waals surface area contributed by atoms with E-state index in [1.54, 1.807) is 5.56 Å². The maximum absolute atomic E-state index is 4.51. The second-order valence-corrected chi connectivity index (χ2v) is 6.32. The van der Waals surface area contributed by atoms with Gasteiger partial charge in [0.15, 0.2) is 0 Å². The van der Waals surface area contributed by atoms with E-state index in [0.717, 1.165) is 16.6 Å². The molecular formula is C17H19BrN2. The Bertz CT molecular complexity index is 592.